The largest absolute Gasteiger partial charge is 0.302 e. The van der Waals surface area contributed by atoms with Crippen LogP contribution in [-0.4, -0.2) is 36.1 Å². The van der Waals surface area contributed by atoms with Gasteiger partial charge in [0, 0.05) is 12.1 Å². The summed E-state index contributed by atoms with van der Waals surface area (Å²) in [5.74, 6) is 0.953. The molecule has 4 unspecified atom stereocenters. The summed E-state index contributed by atoms with van der Waals surface area (Å²) in [6, 6.07) is 4.01. The summed E-state index contributed by atoms with van der Waals surface area (Å²) in [4.78, 5) is 2.80. The van der Waals surface area contributed by atoms with Crippen LogP contribution in [0.25, 0.3) is 0 Å². The van der Waals surface area contributed by atoms with Gasteiger partial charge in [-0.25, -0.2) is 0 Å². The van der Waals surface area contributed by atoms with Crippen molar-refractivity contribution in [3.8, 4) is 6.07 Å². The normalized spacial score (nSPS) is 43.7. The van der Waals surface area contributed by atoms with E-state index < -0.39 is 0 Å². The van der Waals surface area contributed by atoms with E-state index in [-0.39, 0.29) is 5.54 Å². The number of hydrogen-bond donors (Lipinski definition) is 1. The van der Waals surface area contributed by atoms with E-state index in [4.69, 9.17) is 0 Å². The van der Waals surface area contributed by atoms with Crippen molar-refractivity contribution in [2.45, 2.75) is 75.4 Å². The van der Waals surface area contributed by atoms with E-state index in [0.717, 1.165) is 24.8 Å². The second-order valence-corrected chi connectivity index (χ2v) is 6.83. The second kappa shape index (κ2) is 5.42. The monoisotopic (exact) mass is 261 g/mol. The Morgan fingerprint density at radius 2 is 1.95 bits per heavy atom. The fourth-order valence-electron chi connectivity index (χ4n) is 4.80. The lowest BCUT2D eigenvalue weighted by Crippen LogP contribution is -2.52. The Balaban J connectivity index is 1.70. The molecule has 0 spiro atoms. The number of nitrogens with one attached hydrogen (secondary N) is 1. The van der Waals surface area contributed by atoms with Crippen LogP contribution in [0.2, 0.25) is 0 Å². The van der Waals surface area contributed by atoms with Crippen molar-refractivity contribution < 1.29 is 0 Å². The molecule has 1 saturated heterocycles. The first kappa shape index (κ1) is 13.4. The highest BCUT2D eigenvalue weighted by Crippen LogP contribution is 2.41. The lowest BCUT2D eigenvalue weighted by Gasteiger charge is -2.47. The molecular weight excluding hydrogens is 234 g/mol. The highest BCUT2D eigenvalue weighted by Gasteiger charge is 2.44. The maximum absolute atomic E-state index is 9.43. The first-order valence-corrected chi connectivity index (χ1v) is 8.14. The van der Waals surface area contributed by atoms with Crippen molar-refractivity contribution >= 4 is 0 Å². The highest BCUT2D eigenvalue weighted by atomic mass is 15.2. The number of nitrogens with zero attached hydrogens (tertiary/aromatic N) is 2. The smallest absolute Gasteiger partial charge is 0.108 e. The molecule has 3 nitrogen and oxygen atoms in total. The zero-order chi connectivity index (χ0) is 13.3. The molecule has 0 aromatic carbocycles. The SMILES string of the molecule is CNC1(C#N)CCC(N2CCCC3CCCCC32)C1. The second-order valence-electron chi connectivity index (χ2n) is 6.83. The molecule has 2 aliphatic carbocycles. The summed E-state index contributed by atoms with van der Waals surface area (Å²) >= 11 is 0. The van der Waals surface area contributed by atoms with Gasteiger partial charge in [0.2, 0.25) is 0 Å². The molecule has 4 atom stereocenters. The standard InChI is InChI=1S/C16H27N3/c1-18-16(12-17)9-8-14(11-16)19-10-4-6-13-5-2-3-7-15(13)19/h13-15,18H,2-11H2,1H3. The maximum atomic E-state index is 9.43. The van der Waals surface area contributed by atoms with E-state index >= 15 is 0 Å². The van der Waals surface area contributed by atoms with Gasteiger partial charge in [0.1, 0.15) is 5.54 Å². The number of hydrogen-bond acceptors (Lipinski definition) is 3. The van der Waals surface area contributed by atoms with Gasteiger partial charge < -0.3 is 5.32 Å². The van der Waals surface area contributed by atoms with Crippen LogP contribution in [0.3, 0.4) is 0 Å². The van der Waals surface area contributed by atoms with Crippen LogP contribution < -0.4 is 5.32 Å². The average Bonchev–Trinajstić information content (AvgIpc) is 2.92. The molecule has 106 valence electrons. The molecule has 3 rings (SSSR count). The molecule has 3 aliphatic rings. The highest BCUT2D eigenvalue weighted by molar-refractivity contribution is 5.13. The zero-order valence-corrected chi connectivity index (χ0v) is 12.2. The Bertz CT molecular complexity index is 359. The molecule has 0 bridgehead atoms. The molecule has 2 saturated carbocycles. The topological polar surface area (TPSA) is 39.1 Å². The molecule has 3 heteroatoms. The lowest BCUT2D eigenvalue weighted by molar-refractivity contribution is 0.0262. The van der Waals surface area contributed by atoms with Crippen LogP contribution in [0.1, 0.15) is 57.8 Å². The number of likely N-dealkylation sites (tertiary alicyclic amines) is 1. The van der Waals surface area contributed by atoms with Gasteiger partial charge in [0.25, 0.3) is 0 Å². The Labute approximate surface area is 117 Å². The molecule has 3 fully saturated rings. The van der Waals surface area contributed by atoms with Gasteiger partial charge in [-0.15, -0.1) is 0 Å². The third kappa shape index (κ3) is 2.41. The Hall–Kier alpha value is -0.590. The summed E-state index contributed by atoms with van der Waals surface area (Å²) < 4.78 is 0. The van der Waals surface area contributed by atoms with Crippen molar-refractivity contribution in [2.75, 3.05) is 13.6 Å². The van der Waals surface area contributed by atoms with E-state index in [9.17, 15) is 5.26 Å². The summed E-state index contributed by atoms with van der Waals surface area (Å²) in [5, 5.41) is 12.7. The molecule has 1 aliphatic heterocycles. The lowest BCUT2D eigenvalue weighted by atomic mass is 9.77. The number of nitriles is 1. The summed E-state index contributed by atoms with van der Waals surface area (Å²) in [6.45, 7) is 1.27. The minimum Gasteiger partial charge on any atom is -0.302 e. The van der Waals surface area contributed by atoms with E-state index in [2.05, 4.69) is 16.3 Å². The molecule has 0 aromatic rings. The van der Waals surface area contributed by atoms with E-state index in [0.29, 0.717) is 6.04 Å². The van der Waals surface area contributed by atoms with Gasteiger partial charge in [-0.05, 0) is 64.5 Å². The summed E-state index contributed by atoms with van der Waals surface area (Å²) in [5.41, 5.74) is -0.244. The van der Waals surface area contributed by atoms with Gasteiger partial charge in [-0.3, -0.25) is 4.90 Å². The van der Waals surface area contributed by atoms with Crippen LogP contribution in [0.5, 0.6) is 0 Å². The number of fused-ring (bicyclic) bond motifs is 1. The minimum atomic E-state index is -0.244. The van der Waals surface area contributed by atoms with Crippen LogP contribution in [-0.2, 0) is 0 Å². The van der Waals surface area contributed by atoms with Crippen molar-refractivity contribution in [3.63, 3.8) is 0 Å². The fraction of sp³-hybridized carbons (Fsp3) is 0.938. The van der Waals surface area contributed by atoms with Crippen molar-refractivity contribution in [1.82, 2.24) is 10.2 Å². The average molecular weight is 261 g/mol. The van der Waals surface area contributed by atoms with Gasteiger partial charge in [-0.1, -0.05) is 12.8 Å². The molecule has 1 heterocycles. The fourth-order valence-corrected chi connectivity index (χ4v) is 4.80. The third-order valence-electron chi connectivity index (χ3n) is 5.94. The maximum Gasteiger partial charge on any atom is 0.108 e. The molecule has 0 radical (unpaired) electrons. The first-order chi connectivity index (χ1) is 9.28. The first-order valence-electron chi connectivity index (χ1n) is 8.14. The third-order valence-corrected chi connectivity index (χ3v) is 5.94. The molecule has 19 heavy (non-hydrogen) atoms. The van der Waals surface area contributed by atoms with Crippen molar-refractivity contribution in [1.29, 1.82) is 5.26 Å². The van der Waals surface area contributed by atoms with E-state index in [1.807, 2.05) is 7.05 Å². The predicted molar refractivity (Wildman–Crippen MR) is 76.7 cm³/mol. The number of rotatable bonds is 2. The van der Waals surface area contributed by atoms with Gasteiger partial charge >= 0.3 is 0 Å². The zero-order valence-electron chi connectivity index (χ0n) is 12.2. The Morgan fingerprint density at radius 1 is 1.16 bits per heavy atom. The Morgan fingerprint density at radius 3 is 2.68 bits per heavy atom. The van der Waals surface area contributed by atoms with Crippen molar-refractivity contribution in [3.05, 3.63) is 0 Å². The van der Waals surface area contributed by atoms with Crippen LogP contribution in [0.4, 0.5) is 0 Å². The van der Waals surface area contributed by atoms with Gasteiger partial charge in [-0.2, -0.15) is 5.26 Å². The van der Waals surface area contributed by atoms with Crippen LogP contribution in [0.15, 0.2) is 0 Å². The molecule has 0 amide bonds. The summed E-state index contributed by atoms with van der Waals surface area (Å²) in [7, 11) is 1.95. The van der Waals surface area contributed by atoms with Crippen LogP contribution >= 0.6 is 0 Å². The minimum absolute atomic E-state index is 0.244. The van der Waals surface area contributed by atoms with Gasteiger partial charge in [0.15, 0.2) is 0 Å². The Kier molecular flexibility index (Phi) is 3.82. The van der Waals surface area contributed by atoms with E-state index in [1.54, 1.807) is 0 Å². The predicted octanol–water partition coefficient (Wildman–Crippen LogP) is 2.68. The molecule has 0 aromatic heterocycles. The molecule has 1 N–H and O–H groups in total. The quantitative estimate of drug-likeness (QED) is 0.830. The summed E-state index contributed by atoms with van der Waals surface area (Å²) in [6.07, 6.45) is 11.8. The number of piperidine rings is 1. The van der Waals surface area contributed by atoms with Crippen LogP contribution in [0, 0.1) is 17.2 Å². The molecular formula is C16H27N3. The van der Waals surface area contributed by atoms with Gasteiger partial charge in [0.05, 0.1) is 6.07 Å². The van der Waals surface area contributed by atoms with Crippen molar-refractivity contribution in [2.24, 2.45) is 5.92 Å². The van der Waals surface area contributed by atoms with E-state index in [1.165, 1.54) is 51.5 Å².